The molecule has 2 rings (SSSR count). The van der Waals surface area contributed by atoms with E-state index in [2.05, 4.69) is 6.07 Å². The van der Waals surface area contributed by atoms with Crippen LogP contribution >= 0.6 is 0 Å². The Hall–Kier alpha value is -1.57. The number of carbonyl (C=O) groups is 1. The summed E-state index contributed by atoms with van der Waals surface area (Å²) in [6.07, 6.45) is 1.81. The maximum Gasteiger partial charge on any atom is 0.227 e. The fraction of sp³-hybridized carbons (Fsp3) is 0.182. The molecule has 0 spiro atoms. The van der Waals surface area contributed by atoms with E-state index in [1.54, 1.807) is 11.5 Å². The van der Waals surface area contributed by atoms with Gasteiger partial charge in [0.05, 0.1) is 5.52 Å². The molecule has 0 fully saturated rings. The Morgan fingerprint density at radius 1 is 1.31 bits per heavy atom. The predicted molar refractivity (Wildman–Crippen MR) is 53.0 cm³/mol. The zero-order chi connectivity index (χ0) is 9.42. The standard InChI is InChI=1S/C11H11NO/c1-8-3-4-11-10(7-8)5-6-12(11)9(2)13/h3-7H,1-2H3. The highest BCUT2D eigenvalue weighted by Crippen LogP contribution is 2.16. The van der Waals surface area contributed by atoms with Crippen LogP contribution in [0.2, 0.25) is 0 Å². The third-order valence-electron chi connectivity index (χ3n) is 2.18. The number of carbonyl (C=O) groups excluding carboxylic acids is 1. The van der Waals surface area contributed by atoms with Crippen LogP contribution in [-0.4, -0.2) is 10.5 Å². The van der Waals surface area contributed by atoms with Gasteiger partial charge in [-0.2, -0.15) is 0 Å². The molecule has 2 aromatic rings. The van der Waals surface area contributed by atoms with Crippen LogP contribution in [0.25, 0.3) is 10.9 Å². The number of hydrogen-bond acceptors (Lipinski definition) is 1. The summed E-state index contributed by atoms with van der Waals surface area (Å²) in [6.45, 7) is 3.61. The van der Waals surface area contributed by atoms with Crippen LogP contribution in [0.5, 0.6) is 0 Å². The summed E-state index contributed by atoms with van der Waals surface area (Å²) >= 11 is 0. The van der Waals surface area contributed by atoms with Gasteiger partial charge in [-0.25, -0.2) is 0 Å². The molecule has 66 valence electrons. The van der Waals surface area contributed by atoms with Crippen LogP contribution in [0, 0.1) is 6.92 Å². The van der Waals surface area contributed by atoms with Crippen molar-refractivity contribution in [2.24, 2.45) is 0 Å². The highest BCUT2D eigenvalue weighted by molar-refractivity contribution is 5.91. The van der Waals surface area contributed by atoms with E-state index in [1.165, 1.54) is 5.56 Å². The third kappa shape index (κ3) is 1.24. The summed E-state index contributed by atoms with van der Waals surface area (Å²) in [5, 5.41) is 1.12. The molecule has 0 unspecified atom stereocenters. The summed E-state index contributed by atoms with van der Waals surface area (Å²) < 4.78 is 1.66. The zero-order valence-electron chi connectivity index (χ0n) is 7.74. The molecule has 0 bridgehead atoms. The van der Waals surface area contributed by atoms with E-state index in [0.29, 0.717) is 0 Å². The van der Waals surface area contributed by atoms with E-state index in [-0.39, 0.29) is 5.91 Å². The Morgan fingerprint density at radius 3 is 2.77 bits per heavy atom. The van der Waals surface area contributed by atoms with E-state index in [1.807, 2.05) is 31.3 Å². The fourth-order valence-electron chi connectivity index (χ4n) is 1.54. The maximum atomic E-state index is 11.2. The molecule has 0 aliphatic heterocycles. The summed E-state index contributed by atoms with van der Waals surface area (Å²) in [7, 11) is 0. The first-order chi connectivity index (χ1) is 6.18. The van der Waals surface area contributed by atoms with Crippen molar-refractivity contribution in [1.82, 2.24) is 4.57 Å². The van der Waals surface area contributed by atoms with Gasteiger partial charge < -0.3 is 0 Å². The van der Waals surface area contributed by atoms with E-state index in [4.69, 9.17) is 0 Å². The van der Waals surface area contributed by atoms with Crippen molar-refractivity contribution in [3.63, 3.8) is 0 Å². The lowest BCUT2D eigenvalue weighted by Gasteiger charge is -1.99. The number of fused-ring (bicyclic) bond motifs is 1. The second-order valence-corrected chi connectivity index (χ2v) is 3.27. The molecule has 2 nitrogen and oxygen atoms in total. The Balaban J connectivity index is 2.76. The molecule has 1 aromatic carbocycles. The van der Waals surface area contributed by atoms with Gasteiger partial charge >= 0.3 is 0 Å². The Kier molecular flexibility index (Phi) is 1.69. The van der Waals surface area contributed by atoms with Crippen LogP contribution in [0.3, 0.4) is 0 Å². The molecule has 2 heteroatoms. The Bertz CT molecular complexity index is 468. The second kappa shape index (κ2) is 2.73. The van der Waals surface area contributed by atoms with Crippen LogP contribution in [0.4, 0.5) is 0 Å². The SMILES string of the molecule is CC(=O)n1ccc2cc(C)ccc21. The van der Waals surface area contributed by atoms with Crippen molar-refractivity contribution in [3.8, 4) is 0 Å². The molecule has 0 aliphatic carbocycles. The lowest BCUT2D eigenvalue weighted by Crippen LogP contribution is -2.02. The van der Waals surface area contributed by atoms with Crippen molar-refractivity contribution in [3.05, 3.63) is 36.0 Å². The van der Waals surface area contributed by atoms with Gasteiger partial charge in [-0.1, -0.05) is 11.6 Å². The smallest absolute Gasteiger partial charge is 0.227 e. The number of aryl methyl sites for hydroxylation is 1. The van der Waals surface area contributed by atoms with Gasteiger partial charge in [0.1, 0.15) is 0 Å². The van der Waals surface area contributed by atoms with Gasteiger partial charge in [0.2, 0.25) is 5.91 Å². The fourth-order valence-corrected chi connectivity index (χ4v) is 1.54. The topological polar surface area (TPSA) is 22.0 Å². The van der Waals surface area contributed by atoms with Gasteiger partial charge in [-0.05, 0) is 25.1 Å². The molecule has 0 aliphatic rings. The normalized spacial score (nSPS) is 10.6. The first-order valence-corrected chi connectivity index (χ1v) is 4.27. The van der Waals surface area contributed by atoms with Crippen molar-refractivity contribution in [2.45, 2.75) is 13.8 Å². The summed E-state index contributed by atoms with van der Waals surface area (Å²) in [4.78, 5) is 11.2. The maximum absolute atomic E-state index is 11.2. The molecule has 0 saturated heterocycles. The van der Waals surface area contributed by atoms with Gasteiger partial charge in [0.25, 0.3) is 0 Å². The van der Waals surface area contributed by atoms with Gasteiger partial charge in [-0.15, -0.1) is 0 Å². The third-order valence-corrected chi connectivity index (χ3v) is 2.18. The minimum Gasteiger partial charge on any atom is -0.287 e. The molecule has 1 heterocycles. The molecule has 13 heavy (non-hydrogen) atoms. The van der Waals surface area contributed by atoms with E-state index >= 15 is 0 Å². The van der Waals surface area contributed by atoms with Crippen molar-refractivity contribution < 1.29 is 4.79 Å². The second-order valence-electron chi connectivity index (χ2n) is 3.27. The average molecular weight is 173 g/mol. The number of aromatic nitrogens is 1. The highest BCUT2D eigenvalue weighted by Gasteiger charge is 2.03. The molecule has 0 saturated carbocycles. The zero-order valence-corrected chi connectivity index (χ0v) is 7.74. The van der Waals surface area contributed by atoms with Crippen molar-refractivity contribution in [1.29, 1.82) is 0 Å². The van der Waals surface area contributed by atoms with Gasteiger partial charge in [0.15, 0.2) is 0 Å². The number of benzene rings is 1. The van der Waals surface area contributed by atoms with Gasteiger partial charge in [-0.3, -0.25) is 9.36 Å². The van der Waals surface area contributed by atoms with E-state index in [0.717, 1.165) is 10.9 Å². The summed E-state index contributed by atoms with van der Waals surface area (Å²) in [6, 6.07) is 8.03. The minimum atomic E-state index is 0.0545. The quantitative estimate of drug-likeness (QED) is 0.600. The lowest BCUT2D eigenvalue weighted by molar-refractivity contribution is 0.0941. The molecule has 0 amide bonds. The number of nitrogens with zero attached hydrogens (tertiary/aromatic N) is 1. The first kappa shape index (κ1) is 8.05. The predicted octanol–water partition coefficient (Wildman–Crippen LogP) is 2.61. The average Bonchev–Trinajstić information content (AvgIpc) is 2.46. The first-order valence-electron chi connectivity index (χ1n) is 4.27. The van der Waals surface area contributed by atoms with Crippen LogP contribution in [0.1, 0.15) is 17.3 Å². The number of rotatable bonds is 0. The molecular formula is C11H11NO. The van der Waals surface area contributed by atoms with Crippen molar-refractivity contribution >= 4 is 16.8 Å². The van der Waals surface area contributed by atoms with Crippen LogP contribution in [-0.2, 0) is 0 Å². The molecule has 0 radical (unpaired) electrons. The highest BCUT2D eigenvalue weighted by atomic mass is 16.1. The molecule has 0 N–H and O–H groups in total. The largest absolute Gasteiger partial charge is 0.287 e. The monoisotopic (exact) mass is 173 g/mol. The van der Waals surface area contributed by atoms with Gasteiger partial charge in [0, 0.05) is 18.5 Å². The van der Waals surface area contributed by atoms with Crippen molar-refractivity contribution in [2.75, 3.05) is 0 Å². The Labute approximate surface area is 76.8 Å². The molecular weight excluding hydrogens is 162 g/mol. The van der Waals surface area contributed by atoms with Crippen LogP contribution in [0.15, 0.2) is 30.5 Å². The van der Waals surface area contributed by atoms with E-state index in [9.17, 15) is 4.79 Å². The molecule has 0 atom stereocenters. The van der Waals surface area contributed by atoms with E-state index < -0.39 is 0 Å². The summed E-state index contributed by atoms with van der Waals surface area (Å²) in [5.74, 6) is 0.0545. The number of hydrogen-bond donors (Lipinski definition) is 0. The molecule has 1 aromatic heterocycles. The lowest BCUT2D eigenvalue weighted by atomic mass is 10.2. The summed E-state index contributed by atoms with van der Waals surface area (Å²) in [5.41, 5.74) is 2.20. The Morgan fingerprint density at radius 2 is 2.08 bits per heavy atom. The van der Waals surface area contributed by atoms with Crippen LogP contribution < -0.4 is 0 Å². The minimum absolute atomic E-state index is 0.0545.